The minimum Gasteiger partial charge on any atom is -0.496 e. The van der Waals surface area contributed by atoms with Crippen molar-refractivity contribution in [3.63, 3.8) is 0 Å². The van der Waals surface area contributed by atoms with Crippen LogP contribution in [0, 0.1) is 0 Å². The summed E-state index contributed by atoms with van der Waals surface area (Å²) >= 11 is 3.48. The molecule has 0 amide bonds. The molecule has 0 saturated carbocycles. The maximum absolute atomic E-state index is 5.38. The highest BCUT2D eigenvalue weighted by molar-refractivity contribution is 9.10. The van der Waals surface area contributed by atoms with E-state index in [2.05, 4.69) is 27.3 Å². The zero-order valence-electron chi connectivity index (χ0n) is 11.7. The van der Waals surface area contributed by atoms with Crippen LogP contribution in [0.5, 0.6) is 17.2 Å². The first-order valence-corrected chi connectivity index (χ1v) is 7.47. The Bertz CT molecular complexity index is 645. The van der Waals surface area contributed by atoms with Crippen LogP contribution < -0.4 is 19.5 Å². The molecule has 0 aliphatic carbocycles. The number of hydrogen-bond donors (Lipinski definition) is 1. The monoisotopic (exact) mass is 349 g/mol. The fraction of sp³-hybridized carbons (Fsp3) is 0.250. The largest absolute Gasteiger partial charge is 0.496 e. The van der Waals surface area contributed by atoms with Gasteiger partial charge >= 0.3 is 0 Å². The summed E-state index contributed by atoms with van der Waals surface area (Å²) in [5.74, 6) is 2.51. The standard InChI is InChI=1S/C16H16BrNO3/c1-19-14-5-3-13(17)7-12(14)9-18-8-11-2-4-15-16(6-11)21-10-20-15/h2-7,18H,8-10H2,1H3. The predicted octanol–water partition coefficient (Wildman–Crippen LogP) is 3.48. The fourth-order valence-corrected chi connectivity index (χ4v) is 2.69. The van der Waals surface area contributed by atoms with E-state index in [0.717, 1.165) is 45.9 Å². The van der Waals surface area contributed by atoms with E-state index in [1.807, 2.05) is 30.3 Å². The molecule has 0 saturated heterocycles. The van der Waals surface area contributed by atoms with E-state index in [-0.39, 0.29) is 0 Å². The summed E-state index contributed by atoms with van der Waals surface area (Å²) in [5.41, 5.74) is 2.28. The van der Waals surface area contributed by atoms with Gasteiger partial charge in [-0.05, 0) is 35.9 Å². The van der Waals surface area contributed by atoms with Crippen molar-refractivity contribution in [3.8, 4) is 17.2 Å². The molecule has 0 atom stereocenters. The van der Waals surface area contributed by atoms with Crippen molar-refractivity contribution in [3.05, 3.63) is 52.0 Å². The molecule has 0 unspecified atom stereocenters. The summed E-state index contributed by atoms with van der Waals surface area (Å²) in [6.07, 6.45) is 0. The minimum atomic E-state index is 0.307. The molecule has 0 radical (unpaired) electrons. The van der Waals surface area contributed by atoms with E-state index in [4.69, 9.17) is 14.2 Å². The summed E-state index contributed by atoms with van der Waals surface area (Å²) < 4.78 is 17.1. The lowest BCUT2D eigenvalue weighted by Crippen LogP contribution is -2.13. The molecule has 0 fully saturated rings. The van der Waals surface area contributed by atoms with Gasteiger partial charge in [-0.2, -0.15) is 0 Å². The molecule has 1 N–H and O–H groups in total. The van der Waals surface area contributed by atoms with E-state index >= 15 is 0 Å². The Labute approximate surface area is 132 Å². The van der Waals surface area contributed by atoms with Gasteiger partial charge in [0.2, 0.25) is 6.79 Å². The smallest absolute Gasteiger partial charge is 0.231 e. The van der Waals surface area contributed by atoms with E-state index in [9.17, 15) is 0 Å². The molecule has 21 heavy (non-hydrogen) atoms. The summed E-state index contributed by atoms with van der Waals surface area (Å²) in [4.78, 5) is 0. The molecule has 5 heteroatoms. The van der Waals surface area contributed by atoms with Gasteiger partial charge in [-0.1, -0.05) is 22.0 Å². The quantitative estimate of drug-likeness (QED) is 0.896. The average molecular weight is 350 g/mol. The Morgan fingerprint density at radius 2 is 1.95 bits per heavy atom. The zero-order chi connectivity index (χ0) is 14.7. The third-order valence-corrected chi connectivity index (χ3v) is 3.82. The Balaban J connectivity index is 1.62. The number of fused-ring (bicyclic) bond motifs is 1. The zero-order valence-corrected chi connectivity index (χ0v) is 13.3. The molecule has 1 aliphatic rings. The predicted molar refractivity (Wildman–Crippen MR) is 83.8 cm³/mol. The summed E-state index contributed by atoms with van der Waals surface area (Å²) in [6.45, 7) is 1.80. The molecule has 0 aromatic heterocycles. The summed E-state index contributed by atoms with van der Waals surface area (Å²) in [6, 6.07) is 12.0. The highest BCUT2D eigenvalue weighted by Crippen LogP contribution is 2.32. The summed E-state index contributed by atoms with van der Waals surface area (Å²) in [7, 11) is 1.69. The second kappa shape index (κ2) is 6.37. The van der Waals surface area contributed by atoms with Crippen molar-refractivity contribution in [2.75, 3.05) is 13.9 Å². The van der Waals surface area contributed by atoms with Gasteiger partial charge in [0.1, 0.15) is 5.75 Å². The van der Waals surface area contributed by atoms with Gasteiger partial charge in [-0.15, -0.1) is 0 Å². The van der Waals surface area contributed by atoms with Crippen LogP contribution in [0.3, 0.4) is 0 Å². The first-order chi connectivity index (χ1) is 10.3. The van der Waals surface area contributed by atoms with Crippen molar-refractivity contribution < 1.29 is 14.2 Å². The highest BCUT2D eigenvalue weighted by atomic mass is 79.9. The van der Waals surface area contributed by atoms with Gasteiger partial charge in [-0.3, -0.25) is 0 Å². The molecule has 0 bridgehead atoms. The lowest BCUT2D eigenvalue weighted by atomic mass is 10.1. The van der Waals surface area contributed by atoms with Gasteiger partial charge < -0.3 is 19.5 Å². The number of hydrogen-bond acceptors (Lipinski definition) is 4. The topological polar surface area (TPSA) is 39.7 Å². The molecule has 2 aromatic carbocycles. The second-order valence-electron chi connectivity index (χ2n) is 4.75. The maximum Gasteiger partial charge on any atom is 0.231 e. The van der Waals surface area contributed by atoms with Gasteiger partial charge in [-0.25, -0.2) is 0 Å². The van der Waals surface area contributed by atoms with Crippen LogP contribution in [0.15, 0.2) is 40.9 Å². The SMILES string of the molecule is COc1ccc(Br)cc1CNCc1ccc2c(c1)OCO2. The van der Waals surface area contributed by atoms with E-state index in [1.54, 1.807) is 7.11 Å². The Hall–Kier alpha value is -1.72. The number of halogens is 1. The number of benzene rings is 2. The third-order valence-electron chi connectivity index (χ3n) is 3.32. The Morgan fingerprint density at radius 3 is 2.81 bits per heavy atom. The molecule has 0 spiro atoms. The van der Waals surface area contributed by atoms with Crippen molar-refractivity contribution in [2.45, 2.75) is 13.1 Å². The van der Waals surface area contributed by atoms with Crippen molar-refractivity contribution in [1.82, 2.24) is 5.32 Å². The van der Waals surface area contributed by atoms with Crippen LogP contribution in [0.2, 0.25) is 0 Å². The lowest BCUT2D eigenvalue weighted by molar-refractivity contribution is 0.174. The van der Waals surface area contributed by atoms with Crippen LogP contribution in [-0.4, -0.2) is 13.9 Å². The first kappa shape index (κ1) is 14.2. The van der Waals surface area contributed by atoms with Crippen molar-refractivity contribution in [1.29, 1.82) is 0 Å². The summed E-state index contributed by atoms with van der Waals surface area (Å²) in [5, 5.41) is 3.41. The number of rotatable bonds is 5. The fourth-order valence-electron chi connectivity index (χ4n) is 2.28. The molecule has 1 heterocycles. The molecule has 3 rings (SSSR count). The highest BCUT2D eigenvalue weighted by Gasteiger charge is 2.13. The minimum absolute atomic E-state index is 0.307. The molecule has 110 valence electrons. The van der Waals surface area contributed by atoms with E-state index in [1.165, 1.54) is 0 Å². The van der Waals surface area contributed by atoms with Crippen molar-refractivity contribution in [2.24, 2.45) is 0 Å². The lowest BCUT2D eigenvalue weighted by Gasteiger charge is -2.10. The first-order valence-electron chi connectivity index (χ1n) is 6.68. The van der Waals surface area contributed by atoms with Gasteiger partial charge in [0.15, 0.2) is 11.5 Å². The molecule has 4 nitrogen and oxygen atoms in total. The molecule has 2 aromatic rings. The molecular formula is C16H16BrNO3. The number of nitrogens with one attached hydrogen (secondary N) is 1. The van der Waals surface area contributed by atoms with Crippen molar-refractivity contribution >= 4 is 15.9 Å². The van der Waals surface area contributed by atoms with Crippen LogP contribution in [0.25, 0.3) is 0 Å². The van der Waals surface area contributed by atoms with Gasteiger partial charge in [0.05, 0.1) is 7.11 Å². The normalized spacial score (nSPS) is 12.5. The van der Waals surface area contributed by atoms with E-state index in [0.29, 0.717) is 6.79 Å². The van der Waals surface area contributed by atoms with Crippen LogP contribution in [-0.2, 0) is 13.1 Å². The number of ether oxygens (including phenoxy) is 3. The average Bonchev–Trinajstić information content (AvgIpc) is 2.95. The van der Waals surface area contributed by atoms with Crippen LogP contribution >= 0.6 is 15.9 Å². The van der Waals surface area contributed by atoms with Gasteiger partial charge in [0.25, 0.3) is 0 Å². The molecule has 1 aliphatic heterocycles. The van der Waals surface area contributed by atoms with Crippen LogP contribution in [0.1, 0.15) is 11.1 Å². The second-order valence-corrected chi connectivity index (χ2v) is 5.66. The van der Waals surface area contributed by atoms with E-state index < -0.39 is 0 Å². The maximum atomic E-state index is 5.38. The molecular weight excluding hydrogens is 334 g/mol. The Kier molecular flexibility index (Phi) is 4.31. The van der Waals surface area contributed by atoms with Crippen LogP contribution in [0.4, 0.5) is 0 Å². The van der Waals surface area contributed by atoms with Gasteiger partial charge in [0, 0.05) is 23.1 Å². The Morgan fingerprint density at radius 1 is 1.10 bits per heavy atom. The third kappa shape index (κ3) is 3.31. The number of methoxy groups -OCH3 is 1.